The Morgan fingerprint density at radius 2 is 1.81 bits per heavy atom. The molecule has 0 fully saturated rings. The molecule has 0 aromatic heterocycles. The molecule has 0 aliphatic carbocycles. The number of rotatable bonds is 11. The summed E-state index contributed by atoms with van der Waals surface area (Å²) in [5.41, 5.74) is 0.868. The minimum absolute atomic E-state index is 0.109. The maximum atomic E-state index is 12.7. The summed E-state index contributed by atoms with van der Waals surface area (Å²) in [6.45, 7) is 7.14. The molecule has 1 aromatic carbocycles. The zero-order valence-corrected chi connectivity index (χ0v) is 16.7. The smallest absolute Gasteiger partial charge is 0.326 e. The molecule has 1 amide bonds. The summed E-state index contributed by atoms with van der Waals surface area (Å²) in [5, 5.41) is 14.7. The van der Waals surface area contributed by atoms with Crippen LogP contribution in [0.2, 0.25) is 0 Å². The summed E-state index contributed by atoms with van der Waals surface area (Å²) in [7, 11) is -3.19. The van der Waals surface area contributed by atoms with Crippen molar-refractivity contribution >= 4 is 19.4 Å². The van der Waals surface area contributed by atoms with Crippen molar-refractivity contribution in [2.24, 2.45) is 5.92 Å². The largest absolute Gasteiger partial charge is 0.480 e. The Labute approximate surface area is 155 Å². The van der Waals surface area contributed by atoms with Crippen LogP contribution in [0.1, 0.15) is 32.8 Å². The summed E-state index contributed by atoms with van der Waals surface area (Å²) >= 11 is 0. The van der Waals surface area contributed by atoms with Gasteiger partial charge in [0.25, 0.3) is 7.52 Å². The van der Waals surface area contributed by atoms with Crippen LogP contribution in [0.15, 0.2) is 30.3 Å². The summed E-state index contributed by atoms with van der Waals surface area (Å²) in [5.74, 6) is -1.49. The van der Waals surface area contributed by atoms with Crippen LogP contribution < -0.4 is 10.4 Å². The molecule has 0 aliphatic rings. The fourth-order valence-electron chi connectivity index (χ4n) is 2.58. The van der Waals surface area contributed by atoms with Gasteiger partial charge in [-0.15, -0.1) is 0 Å². The fraction of sp³-hybridized carbons (Fsp3) is 0.556. The fourth-order valence-corrected chi connectivity index (χ4v) is 3.92. The molecule has 0 saturated carbocycles. The van der Waals surface area contributed by atoms with E-state index in [2.05, 4.69) is 10.4 Å². The molecule has 1 aromatic rings. The molecular weight excluding hydrogens is 355 g/mol. The third-order valence-electron chi connectivity index (χ3n) is 3.69. The van der Waals surface area contributed by atoms with Gasteiger partial charge in [-0.1, -0.05) is 44.2 Å². The standard InChI is InChI=1S/C18H29N2O5P/c1-5-25-26(4,24)20-15(12-14-9-7-6-8-10-14)17(21)19-16(18(22)23)11-13(2)3/h6-10,13,15-16H,5,11-12H2,1-4H3,(H,19,21)(H,20,24)(H,22,23)/t15-,16-,26?/m0/s1. The molecule has 0 spiro atoms. The minimum Gasteiger partial charge on any atom is -0.480 e. The molecule has 0 radical (unpaired) electrons. The van der Waals surface area contributed by atoms with E-state index < -0.39 is 31.5 Å². The monoisotopic (exact) mass is 384 g/mol. The van der Waals surface area contributed by atoms with Gasteiger partial charge in [-0.05, 0) is 31.2 Å². The van der Waals surface area contributed by atoms with E-state index in [1.165, 1.54) is 6.66 Å². The van der Waals surface area contributed by atoms with Gasteiger partial charge in [0.2, 0.25) is 5.91 Å². The number of amides is 1. The van der Waals surface area contributed by atoms with Gasteiger partial charge in [0.15, 0.2) is 0 Å². The van der Waals surface area contributed by atoms with Crippen LogP contribution >= 0.6 is 7.52 Å². The normalized spacial score (nSPS) is 15.9. The number of benzene rings is 1. The summed E-state index contributed by atoms with van der Waals surface area (Å²) < 4.78 is 17.7. The number of hydrogen-bond donors (Lipinski definition) is 3. The Bertz CT molecular complexity index is 636. The van der Waals surface area contributed by atoms with Crippen LogP contribution in [0.3, 0.4) is 0 Å². The number of carboxylic acids is 1. The van der Waals surface area contributed by atoms with Crippen molar-refractivity contribution in [3.05, 3.63) is 35.9 Å². The van der Waals surface area contributed by atoms with Crippen molar-refractivity contribution in [2.45, 2.75) is 45.7 Å². The van der Waals surface area contributed by atoms with E-state index in [1.54, 1.807) is 6.92 Å². The minimum atomic E-state index is -3.19. The van der Waals surface area contributed by atoms with E-state index in [9.17, 15) is 19.3 Å². The highest BCUT2D eigenvalue weighted by Crippen LogP contribution is 2.38. The molecule has 3 atom stereocenters. The second-order valence-corrected chi connectivity index (χ2v) is 8.87. The maximum Gasteiger partial charge on any atom is 0.326 e. The van der Waals surface area contributed by atoms with Crippen LogP contribution in [0, 0.1) is 5.92 Å². The van der Waals surface area contributed by atoms with Gasteiger partial charge in [0, 0.05) is 6.66 Å². The Kier molecular flexibility index (Phi) is 8.99. The van der Waals surface area contributed by atoms with E-state index in [0.29, 0.717) is 6.42 Å². The number of aliphatic carboxylic acids is 1. The first-order valence-corrected chi connectivity index (χ1v) is 10.8. The van der Waals surface area contributed by atoms with E-state index in [4.69, 9.17) is 4.52 Å². The van der Waals surface area contributed by atoms with Crippen LogP contribution in [0.25, 0.3) is 0 Å². The summed E-state index contributed by atoms with van der Waals surface area (Å²) in [6, 6.07) is 7.40. The van der Waals surface area contributed by atoms with Crippen molar-refractivity contribution in [3.63, 3.8) is 0 Å². The average molecular weight is 384 g/mol. The van der Waals surface area contributed by atoms with Gasteiger partial charge in [-0.25, -0.2) is 9.88 Å². The number of carbonyl (C=O) groups excluding carboxylic acids is 1. The molecule has 7 nitrogen and oxygen atoms in total. The molecule has 0 aliphatic heterocycles. The third-order valence-corrected chi connectivity index (χ3v) is 5.22. The first-order valence-electron chi connectivity index (χ1n) is 8.71. The van der Waals surface area contributed by atoms with Gasteiger partial charge in [-0.3, -0.25) is 9.36 Å². The summed E-state index contributed by atoms with van der Waals surface area (Å²) in [4.78, 5) is 24.1. The third kappa shape index (κ3) is 8.13. The Morgan fingerprint density at radius 3 is 2.31 bits per heavy atom. The molecule has 26 heavy (non-hydrogen) atoms. The highest BCUT2D eigenvalue weighted by Gasteiger charge is 2.30. The Balaban J connectivity index is 2.96. The van der Waals surface area contributed by atoms with Crippen LogP contribution in [-0.2, 0) is 25.1 Å². The molecule has 0 heterocycles. The molecule has 0 saturated heterocycles. The number of hydrogen-bond acceptors (Lipinski definition) is 4. The van der Waals surface area contributed by atoms with Crippen molar-refractivity contribution in [2.75, 3.05) is 13.3 Å². The van der Waals surface area contributed by atoms with Crippen molar-refractivity contribution in [3.8, 4) is 0 Å². The van der Waals surface area contributed by atoms with Crippen molar-refractivity contribution in [1.29, 1.82) is 0 Å². The topological polar surface area (TPSA) is 105 Å². The quantitative estimate of drug-likeness (QED) is 0.507. The van der Waals surface area contributed by atoms with Gasteiger partial charge < -0.3 is 14.9 Å². The summed E-state index contributed by atoms with van der Waals surface area (Å²) in [6.07, 6.45) is 0.583. The Morgan fingerprint density at radius 1 is 1.19 bits per heavy atom. The molecule has 8 heteroatoms. The van der Waals surface area contributed by atoms with Crippen LogP contribution in [0.4, 0.5) is 0 Å². The first kappa shape index (κ1) is 22.4. The molecule has 1 unspecified atom stereocenters. The predicted octanol–water partition coefficient (Wildman–Crippen LogP) is 2.66. The maximum absolute atomic E-state index is 12.7. The van der Waals surface area contributed by atoms with Crippen molar-refractivity contribution < 1.29 is 23.8 Å². The highest BCUT2D eigenvalue weighted by atomic mass is 31.2. The number of nitrogens with one attached hydrogen (secondary N) is 2. The predicted molar refractivity (Wildman–Crippen MR) is 101 cm³/mol. The van der Waals surface area contributed by atoms with Crippen molar-refractivity contribution in [1.82, 2.24) is 10.4 Å². The van der Waals surface area contributed by atoms with Gasteiger partial charge >= 0.3 is 5.97 Å². The molecule has 3 N–H and O–H groups in total. The zero-order valence-electron chi connectivity index (χ0n) is 15.8. The van der Waals surface area contributed by atoms with E-state index >= 15 is 0 Å². The average Bonchev–Trinajstić information content (AvgIpc) is 2.53. The lowest BCUT2D eigenvalue weighted by molar-refractivity contribution is -0.142. The molecule has 1 rings (SSSR count). The SMILES string of the molecule is CCOP(C)(=O)N[C@@H](Cc1ccccc1)C(=O)N[C@@H](CC(C)C)C(=O)O. The van der Waals surface area contributed by atoms with Gasteiger partial charge in [0.1, 0.15) is 6.04 Å². The Hall–Kier alpha value is -1.69. The number of carboxylic acid groups (broad SMARTS) is 1. The van der Waals surface area contributed by atoms with Crippen LogP contribution in [0.5, 0.6) is 0 Å². The zero-order chi connectivity index (χ0) is 19.7. The van der Waals surface area contributed by atoms with E-state index in [0.717, 1.165) is 5.56 Å². The first-order chi connectivity index (χ1) is 12.1. The van der Waals surface area contributed by atoms with E-state index in [1.807, 2.05) is 44.2 Å². The lowest BCUT2D eigenvalue weighted by Gasteiger charge is -2.25. The molecule has 0 bridgehead atoms. The lowest BCUT2D eigenvalue weighted by atomic mass is 10.0. The van der Waals surface area contributed by atoms with Crippen LogP contribution in [-0.4, -0.2) is 42.3 Å². The highest BCUT2D eigenvalue weighted by molar-refractivity contribution is 7.56. The lowest BCUT2D eigenvalue weighted by Crippen LogP contribution is -2.50. The van der Waals surface area contributed by atoms with E-state index in [-0.39, 0.29) is 18.9 Å². The van der Waals surface area contributed by atoms with Gasteiger partial charge in [-0.2, -0.15) is 0 Å². The molecule has 146 valence electrons. The van der Waals surface area contributed by atoms with Gasteiger partial charge in [0.05, 0.1) is 12.6 Å². The molecular formula is C18H29N2O5P. The number of carbonyl (C=O) groups is 2. The second kappa shape index (κ2) is 10.5. The second-order valence-electron chi connectivity index (χ2n) is 6.66.